The van der Waals surface area contributed by atoms with E-state index in [2.05, 4.69) is 15.6 Å². The molecule has 1 fully saturated rings. The Morgan fingerprint density at radius 3 is 2.69 bits per heavy atom. The standard InChI is InChI=1S/C27H29N5O3S/c1-18-8-3-5-11-22(18)32(24(33)17-31-23-12-6-4-10-21(23)29-30-31)25(26-19(2)13-15-36-26)27(34)28-16-20-9-7-14-35-20/h3-6,8,10-13,15,20,25H,7,9,14,16-17H2,1-2H3,(H,28,34). The predicted molar refractivity (Wildman–Crippen MR) is 140 cm³/mol. The zero-order chi connectivity index (χ0) is 25.1. The van der Waals surface area contributed by atoms with Crippen LogP contribution in [0.4, 0.5) is 5.69 Å². The SMILES string of the molecule is Cc1ccccc1N(C(=O)Cn1nnc2ccccc21)C(C(=O)NCC1CCCO1)c1sccc1C. The number of anilines is 1. The zero-order valence-corrected chi connectivity index (χ0v) is 21.2. The van der Waals surface area contributed by atoms with Gasteiger partial charge in [-0.1, -0.05) is 35.5 Å². The normalized spacial score (nSPS) is 16.2. The second kappa shape index (κ2) is 10.6. The predicted octanol–water partition coefficient (Wildman–Crippen LogP) is 4.18. The minimum Gasteiger partial charge on any atom is -0.376 e. The number of rotatable bonds is 8. The molecule has 0 aliphatic carbocycles. The number of carbonyl (C=O) groups excluding carboxylic acids is 2. The Morgan fingerprint density at radius 2 is 1.94 bits per heavy atom. The molecule has 1 aliphatic rings. The smallest absolute Gasteiger partial charge is 0.249 e. The number of ether oxygens (including phenoxy) is 1. The Hall–Kier alpha value is -3.56. The molecule has 3 heterocycles. The number of benzene rings is 2. The number of para-hydroxylation sites is 2. The van der Waals surface area contributed by atoms with Crippen LogP contribution in [0.2, 0.25) is 0 Å². The number of thiophene rings is 1. The number of aryl methyl sites for hydroxylation is 2. The number of aromatic nitrogens is 3. The van der Waals surface area contributed by atoms with Crippen LogP contribution < -0.4 is 10.2 Å². The lowest BCUT2D eigenvalue weighted by Gasteiger charge is -2.32. The maximum atomic E-state index is 14.1. The molecule has 2 aromatic heterocycles. The minimum absolute atomic E-state index is 0.00292. The molecule has 1 saturated heterocycles. The van der Waals surface area contributed by atoms with E-state index in [1.54, 1.807) is 9.58 Å². The highest BCUT2D eigenvalue weighted by molar-refractivity contribution is 7.10. The summed E-state index contributed by atoms with van der Waals surface area (Å²) in [6, 6.07) is 16.3. The van der Waals surface area contributed by atoms with Gasteiger partial charge in [0.25, 0.3) is 0 Å². The number of hydrogen-bond donors (Lipinski definition) is 1. The van der Waals surface area contributed by atoms with E-state index in [0.717, 1.165) is 34.4 Å². The van der Waals surface area contributed by atoms with Crippen molar-refractivity contribution in [3.63, 3.8) is 0 Å². The summed E-state index contributed by atoms with van der Waals surface area (Å²) in [7, 11) is 0. The Balaban J connectivity index is 1.54. The van der Waals surface area contributed by atoms with Crippen LogP contribution in [0.5, 0.6) is 0 Å². The van der Waals surface area contributed by atoms with Crippen molar-refractivity contribution in [1.82, 2.24) is 20.3 Å². The van der Waals surface area contributed by atoms with Crippen LogP contribution in [-0.4, -0.2) is 46.1 Å². The van der Waals surface area contributed by atoms with E-state index < -0.39 is 6.04 Å². The highest BCUT2D eigenvalue weighted by Gasteiger charge is 2.36. The lowest BCUT2D eigenvalue weighted by atomic mass is 10.1. The summed E-state index contributed by atoms with van der Waals surface area (Å²) in [5.41, 5.74) is 4.04. The van der Waals surface area contributed by atoms with E-state index >= 15 is 0 Å². The average molecular weight is 504 g/mol. The number of carbonyl (C=O) groups is 2. The molecule has 9 heteroatoms. The van der Waals surface area contributed by atoms with E-state index in [1.165, 1.54) is 11.3 Å². The summed E-state index contributed by atoms with van der Waals surface area (Å²) in [4.78, 5) is 30.3. The van der Waals surface area contributed by atoms with Crippen LogP contribution in [0.3, 0.4) is 0 Å². The second-order valence-electron chi connectivity index (χ2n) is 9.04. The van der Waals surface area contributed by atoms with Gasteiger partial charge in [0.1, 0.15) is 12.1 Å². The van der Waals surface area contributed by atoms with Gasteiger partial charge in [-0.2, -0.15) is 0 Å². The van der Waals surface area contributed by atoms with Gasteiger partial charge in [-0.05, 0) is 67.5 Å². The molecule has 2 atom stereocenters. The molecule has 0 bridgehead atoms. The molecule has 5 rings (SSSR count). The summed E-state index contributed by atoms with van der Waals surface area (Å²) in [6.07, 6.45) is 1.92. The van der Waals surface area contributed by atoms with Gasteiger partial charge in [0.05, 0.1) is 11.6 Å². The monoisotopic (exact) mass is 503 g/mol. The molecule has 8 nitrogen and oxygen atoms in total. The molecule has 0 radical (unpaired) electrons. The Morgan fingerprint density at radius 1 is 1.14 bits per heavy atom. The fourth-order valence-corrected chi connectivity index (χ4v) is 5.64. The third-order valence-corrected chi connectivity index (χ3v) is 7.60. The van der Waals surface area contributed by atoms with Gasteiger partial charge in [-0.15, -0.1) is 16.4 Å². The van der Waals surface area contributed by atoms with E-state index in [1.807, 2.05) is 73.8 Å². The summed E-state index contributed by atoms with van der Waals surface area (Å²) in [6.45, 7) is 5.01. The number of fused-ring (bicyclic) bond motifs is 1. The van der Waals surface area contributed by atoms with Crippen molar-refractivity contribution in [1.29, 1.82) is 0 Å². The van der Waals surface area contributed by atoms with Crippen LogP contribution in [0, 0.1) is 13.8 Å². The molecule has 1 aliphatic heterocycles. The second-order valence-corrected chi connectivity index (χ2v) is 9.98. The van der Waals surface area contributed by atoms with Crippen molar-refractivity contribution < 1.29 is 14.3 Å². The molecular formula is C27H29N5O3S. The van der Waals surface area contributed by atoms with Crippen LogP contribution in [0.25, 0.3) is 11.0 Å². The number of hydrogen-bond acceptors (Lipinski definition) is 6. The van der Waals surface area contributed by atoms with Crippen LogP contribution in [-0.2, 0) is 20.9 Å². The lowest BCUT2D eigenvalue weighted by Crippen LogP contribution is -2.46. The fraction of sp³-hybridized carbons (Fsp3) is 0.333. The Labute approximate surface area is 213 Å². The Bertz CT molecular complexity index is 1370. The maximum Gasteiger partial charge on any atom is 0.249 e. The highest BCUT2D eigenvalue weighted by atomic mass is 32.1. The molecule has 2 amide bonds. The first-order valence-corrected chi connectivity index (χ1v) is 13.0. The molecule has 1 N–H and O–H groups in total. The topological polar surface area (TPSA) is 89.4 Å². The van der Waals surface area contributed by atoms with Gasteiger partial charge in [0, 0.05) is 23.7 Å². The molecule has 2 aromatic carbocycles. The molecule has 4 aromatic rings. The van der Waals surface area contributed by atoms with Gasteiger partial charge < -0.3 is 10.1 Å². The summed E-state index contributed by atoms with van der Waals surface area (Å²) in [5, 5.41) is 13.4. The first-order chi connectivity index (χ1) is 17.5. The number of amides is 2. The molecule has 36 heavy (non-hydrogen) atoms. The summed E-state index contributed by atoms with van der Waals surface area (Å²) in [5.74, 6) is -0.471. The van der Waals surface area contributed by atoms with Crippen molar-refractivity contribution in [2.75, 3.05) is 18.1 Å². The summed E-state index contributed by atoms with van der Waals surface area (Å²) >= 11 is 1.48. The van der Waals surface area contributed by atoms with E-state index in [0.29, 0.717) is 24.4 Å². The number of nitrogens with zero attached hydrogens (tertiary/aromatic N) is 4. The van der Waals surface area contributed by atoms with Crippen molar-refractivity contribution in [2.24, 2.45) is 0 Å². The van der Waals surface area contributed by atoms with Gasteiger partial charge in [0.15, 0.2) is 6.04 Å². The minimum atomic E-state index is -0.824. The summed E-state index contributed by atoms with van der Waals surface area (Å²) < 4.78 is 7.30. The Kier molecular flexibility index (Phi) is 7.11. The van der Waals surface area contributed by atoms with Crippen LogP contribution >= 0.6 is 11.3 Å². The van der Waals surface area contributed by atoms with Crippen molar-refractivity contribution in [2.45, 2.75) is 45.4 Å². The van der Waals surface area contributed by atoms with E-state index in [-0.39, 0.29) is 24.5 Å². The van der Waals surface area contributed by atoms with E-state index in [9.17, 15) is 9.59 Å². The number of nitrogens with one attached hydrogen (secondary N) is 1. The van der Waals surface area contributed by atoms with Gasteiger partial charge in [-0.25, -0.2) is 4.68 Å². The van der Waals surface area contributed by atoms with Gasteiger partial charge >= 0.3 is 0 Å². The molecule has 0 saturated carbocycles. The van der Waals surface area contributed by atoms with Gasteiger partial charge in [-0.3, -0.25) is 14.5 Å². The molecular weight excluding hydrogens is 474 g/mol. The van der Waals surface area contributed by atoms with Crippen molar-refractivity contribution in [3.8, 4) is 0 Å². The average Bonchev–Trinajstić information content (AvgIpc) is 3.64. The lowest BCUT2D eigenvalue weighted by molar-refractivity contribution is -0.127. The van der Waals surface area contributed by atoms with Crippen LogP contribution in [0.15, 0.2) is 60.0 Å². The fourth-order valence-electron chi connectivity index (χ4n) is 4.62. The van der Waals surface area contributed by atoms with Crippen molar-refractivity contribution in [3.05, 3.63) is 76.0 Å². The molecule has 0 spiro atoms. The molecule has 186 valence electrons. The first kappa shape index (κ1) is 24.1. The van der Waals surface area contributed by atoms with Crippen LogP contribution in [0.1, 0.15) is 34.9 Å². The quantitative estimate of drug-likeness (QED) is 0.390. The maximum absolute atomic E-state index is 14.1. The third kappa shape index (κ3) is 4.89. The zero-order valence-electron chi connectivity index (χ0n) is 20.4. The first-order valence-electron chi connectivity index (χ1n) is 12.1. The largest absolute Gasteiger partial charge is 0.376 e. The van der Waals surface area contributed by atoms with Crippen molar-refractivity contribution >= 4 is 39.9 Å². The highest BCUT2D eigenvalue weighted by Crippen LogP contribution is 2.35. The third-order valence-electron chi connectivity index (χ3n) is 6.53. The van der Waals surface area contributed by atoms with Gasteiger partial charge in [0.2, 0.25) is 11.8 Å². The van der Waals surface area contributed by atoms with E-state index in [4.69, 9.17) is 4.74 Å². The molecule has 2 unspecified atom stereocenters.